The van der Waals surface area contributed by atoms with Gasteiger partial charge in [0.05, 0.1) is 28.2 Å². The molecule has 5 aromatic rings. The number of ether oxygens (including phenoxy) is 2. The Labute approximate surface area is 228 Å². The number of para-hydroxylation sites is 1. The second kappa shape index (κ2) is 10.6. The van der Waals surface area contributed by atoms with Gasteiger partial charge in [-0.25, -0.2) is 4.98 Å². The first-order valence-electron chi connectivity index (χ1n) is 11.2. The largest absolute Gasteiger partial charge is 0.490 e. The van der Waals surface area contributed by atoms with Crippen molar-refractivity contribution in [1.29, 1.82) is 5.26 Å². The van der Waals surface area contributed by atoms with E-state index in [0.29, 0.717) is 50.4 Å². The minimum atomic E-state index is -0.337. The Morgan fingerprint density at radius 1 is 1.14 bits per heavy atom. The lowest BCUT2D eigenvalue weighted by molar-refractivity contribution is 0.297. The number of aromatic nitrogens is 2. The fourth-order valence-electron chi connectivity index (χ4n) is 3.81. The average molecular weight is 622 g/mol. The zero-order chi connectivity index (χ0) is 25.9. The molecule has 0 atom stereocenters. The van der Waals surface area contributed by atoms with Gasteiger partial charge in [0.1, 0.15) is 11.7 Å². The highest BCUT2D eigenvalue weighted by Crippen LogP contribution is 2.36. The second-order valence-electron chi connectivity index (χ2n) is 7.82. The molecule has 184 valence electrons. The molecule has 0 saturated heterocycles. The Balaban J connectivity index is 1.65. The van der Waals surface area contributed by atoms with Crippen LogP contribution in [0.25, 0.3) is 33.5 Å². The minimum absolute atomic E-state index is 0.123. The van der Waals surface area contributed by atoms with Crippen molar-refractivity contribution in [3.8, 4) is 29.2 Å². The molecule has 5 rings (SSSR count). The van der Waals surface area contributed by atoms with E-state index in [-0.39, 0.29) is 18.0 Å². The first-order valence-corrected chi connectivity index (χ1v) is 12.8. The van der Waals surface area contributed by atoms with Crippen LogP contribution in [0.3, 0.4) is 0 Å². The molecular weight excluding hydrogens is 604 g/mol. The lowest BCUT2D eigenvalue weighted by Gasteiger charge is -2.13. The average Bonchev–Trinajstić information content (AvgIpc) is 3.31. The van der Waals surface area contributed by atoms with Crippen LogP contribution >= 0.6 is 31.9 Å². The molecular formula is C27H18Br2N4O4. The summed E-state index contributed by atoms with van der Waals surface area (Å²) in [7, 11) is 0. The van der Waals surface area contributed by atoms with Crippen LogP contribution in [-0.2, 0) is 0 Å². The van der Waals surface area contributed by atoms with E-state index in [1.807, 2.05) is 43.3 Å². The van der Waals surface area contributed by atoms with Gasteiger partial charge < -0.3 is 13.9 Å². The third-order valence-corrected chi connectivity index (χ3v) is 6.47. The van der Waals surface area contributed by atoms with Crippen molar-refractivity contribution < 1.29 is 13.9 Å². The molecule has 0 N–H and O–H groups in total. The number of halogens is 2. The zero-order valence-corrected chi connectivity index (χ0v) is 22.6. The van der Waals surface area contributed by atoms with Crippen LogP contribution in [0.15, 0.2) is 83.9 Å². The summed E-state index contributed by atoms with van der Waals surface area (Å²) in [4.78, 5) is 18.2. The summed E-state index contributed by atoms with van der Waals surface area (Å²) in [5.41, 5.74) is 1.50. The highest BCUT2D eigenvalue weighted by molar-refractivity contribution is 9.10. The van der Waals surface area contributed by atoms with Crippen molar-refractivity contribution >= 4 is 59.9 Å². The number of fused-ring (bicyclic) bond motifs is 2. The van der Waals surface area contributed by atoms with Gasteiger partial charge in [0.2, 0.25) is 5.82 Å². The monoisotopic (exact) mass is 620 g/mol. The van der Waals surface area contributed by atoms with Crippen molar-refractivity contribution in [2.75, 3.05) is 13.2 Å². The zero-order valence-electron chi connectivity index (χ0n) is 19.4. The number of furan rings is 1. The smallest absolute Gasteiger partial charge is 0.282 e. The third-order valence-electron chi connectivity index (χ3n) is 5.39. The quantitative estimate of drug-likeness (QED) is 0.192. The Hall–Kier alpha value is -3.94. The molecule has 0 spiro atoms. The molecule has 0 aliphatic heterocycles. The predicted octanol–water partition coefficient (Wildman–Crippen LogP) is 6.52. The fourth-order valence-corrected chi connectivity index (χ4v) is 4.76. The Bertz CT molecular complexity index is 1770. The van der Waals surface area contributed by atoms with E-state index in [1.165, 1.54) is 10.9 Å². The van der Waals surface area contributed by atoms with Crippen LogP contribution in [0.4, 0.5) is 0 Å². The van der Waals surface area contributed by atoms with Crippen molar-refractivity contribution in [1.82, 2.24) is 9.66 Å². The molecule has 10 heteroatoms. The van der Waals surface area contributed by atoms with Crippen molar-refractivity contribution in [2.45, 2.75) is 6.92 Å². The minimum Gasteiger partial charge on any atom is -0.490 e. The lowest BCUT2D eigenvalue weighted by Crippen LogP contribution is -2.20. The van der Waals surface area contributed by atoms with Crippen molar-refractivity contribution in [2.24, 2.45) is 5.10 Å². The molecule has 2 aromatic heterocycles. The molecule has 0 saturated carbocycles. The van der Waals surface area contributed by atoms with E-state index in [1.54, 1.807) is 30.3 Å². The number of hydrogen-bond acceptors (Lipinski definition) is 7. The Morgan fingerprint density at radius 3 is 2.78 bits per heavy atom. The first-order chi connectivity index (χ1) is 18.0. The van der Waals surface area contributed by atoms with Gasteiger partial charge in [-0.15, -0.1) is 0 Å². The van der Waals surface area contributed by atoms with Gasteiger partial charge >= 0.3 is 0 Å². The number of rotatable bonds is 7. The number of nitriles is 1. The molecule has 37 heavy (non-hydrogen) atoms. The summed E-state index contributed by atoms with van der Waals surface area (Å²) in [6.45, 7) is 2.12. The normalized spacial score (nSPS) is 11.3. The predicted molar refractivity (Wildman–Crippen MR) is 148 cm³/mol. The van der Waals surface area contributed by atoms with Crippen LogP contribution in [0, 0.1) is 11.3 Å². The highest BCUT2D eigenvalue weighted by atomic mass is 79.9. The van der Waals surface area contributed by atoms with Crippen molar-refractivity contribution in [3.63, 3.8) is 0 Å². The summed E-state index contributed by atoms with van der Waals surface area (Å²) in [6, 6.07) is 20.0. The summed E-state index contributed by atoms with van der Waals surface area (Å²) >= 11 is 6.95. The standard InChI is InChI=1S/C27H18Br2N4O4/c1-2-35-23-12-16(11-20(29)25(23)36-10-9-30)15-31-33-26(32-21-6-4-3-5-19(21)27(33)34)24-14-17-13-18(28)7-8-22(17)37-24/h3-8,11-15H,2,10H2,1H3. The summed E-state index contributed by atoms with van der Waals surface area (Å²) in [5, 5.41) is 14.7. The fraction of sp³-hybridized carbons (Fsp3) is 0.111. The van der Waals surface area contributed by atoms with E-state index >= 15 is 0 Å². The van der Waals surface area contributed by atoms with Crippen LogP contribution in [0.2, 0.25) is 0 Å². The van der Waals surface area contributed by atoms with Crippen LogP contribution in [0.1, 0.15) is 12.5 Å². The van der Waals surface area contributed by atoms with Gasteiger partial charge in [0.15, 0.2) is 23.9 Å². The van der Waals surface area contributed by atoms with Gasteiger partial charge in [-0.05, 0) is 76.9 Å². The van der Waals surface area contributed by atoms with Gasteiger partial charge in [-0.3, -0.25) is 4.79 Å². The van der Waals surface area contributed by atoms with E-state index in [9.17, 15) is 4.79 Å². The molecule has 0 fully saturated rings. The molecule has 3 aromatic carbocycles. The van der Waals surface area contributed by atoms with Crippen LogP contribution in [-0.4, -0.2) is 29.1 Å². The number of benzene rings is 3. The summed E-state index contributed by atoms with van der Waals surface area (Å²) < 4.78 is 20.0. The van der Waals surface area contributed by atoms with E-state index in [2.05, 4.69) is 37.0 Å². The molecule has 0 bridgehead atoms. The Kier molecular flexibility index (Phi) is 7.08. The van der Waals surface area contributed by atoms with E-state index < -0.39 is 0 Å². The molecule has 0 radical (unpaired) electrons. The lowest BCUT2D eigenvalue weighted by atomic mass is 10.2. The van der Waals surface area contributed by atoms with Gasteiger partial charge in [-0.1, -0.05) is 28.1 Å². The molecule has 0 unspecified atom stereocenters. The Morgan fingerprint density at radius 2 is 1.97 bits per heavy atom. The summed E-state index contributed by atoms with van der Waals surface area (Å²) in [6.07, 6.45) is 1.53. The van der Waals surface area contributed by atoms with E-state index in [0.717, 1.165) is 9.86 Å². The topological polar surface area (TPSA) is 103 Å². The highest BCUT2D eigenvalue weighted by Gasteiger charge is 2.17. The maximum Gasteiger partial charge on any atom is 0.282 e. The van der Waals surface area contributed by atoms with E-state index in [4.69, 9.17) is 24.1 Å². The number of hydrogen-bond donors (Lipinski definition) is 0. The maximum atomic E-state index is 13.5. The van der Waals surface area contributed by atoms with Crippen molar-refractivity contribution in [3.05, 3.63) is 85.5 Å². The third kappa shape index (κ3) is 5.01. The molecule has 0 amide bonds. The molecule has 2 heterocycles. The second-order valence-corrected chi connectivity index (χ2v) is 9.59. The van der Waals surface area contributed by atoms with Gasteiger partial charge in [-0.2, -0.15) is 15.0 Å². The van der Waals surface area contributed by atoms with Crippen LogP contribution in [0.5, 0.6) is 11.5 Å². The molecule has 8 nitrogen and oxygen atoms in total. The van der Waals surface area contributed by atoms with Gasteiger partial charge in [0, 0.05) is 9.86 Å². The van der Waals surface area contributed by atoms with Gasteiger partial charge in [0.25, 0.3) is 5.56 Å². The molecule has 0 aliphatic rings. The summed E-state index contributed by atoms with van der Waals surface area (Å²) in [5.74, 6) is 1.54. The SMILES string of the molecule is CCOc1cc(C=Nn2c(-c3cc4cc(Br)ccc4o3)nc3ccccc3c2=O)cc(Br)c1OCC#N. The maximum absolute atomic E-state index is 13.5. The number of nitrogens with zero attached hydrogens (tertiary/aromatic N) is 4. The molecule has 0 aliphatic carbocycles. The van der Waals surface area contributed by atoms with Crippen LogP contribution < -0.4 is 15.0 Å². The first kappa shape index (κ1) is 24.7.